The van der Waals surface area contributed by atoms with E-state index in [-0.39, 0.29) is 0 Å². The number of hydrogen-bond acceptors (Lipinski definition) is 1. The fraction of sp³-hybridized carbons (Fsp3) is 0.231. The summed E-state index contributed by atoms with van der Waals surface area (Å²) < 4.78 is 0. The number of fused-ring (bicyclic) bond motifs is 1. The van der Waals surface area contributed by atoms with Gasteiger partial charge in [0.2, 0.25) is 0 Å². The molecule has 1 aliphatic heterocycles. The molecule has 75 valence electrons. The van der Waals surface area contributed by atoms with Crippen LogP contribution in [0, 0.1) is 0 Å². The zero-order valence-corrected chi connectivity index (χ0v) is 8.56. The van der Waals surface area contributed by atoms with Gasteiger partial charge in [-0.25, -0.2) is 0 Å². The van der Waals surface area contributed by atoms with Gasteiger partial charge in [0, 0.05) is 18.5 Å². The van der Waals surface area contributed by atoms with Crippen LogP contribution < -0.4 is 10.4 Å². The molecule has 1 saturated heterocycles. The van der Waals surface area contributed by atoms with Gasteiger partial charge in [0.25, 0.3) is 0 Å². The summed E-state index contributed by atoms with van der Waals surface area (Å²) in [6, 6.07) is 14.9. The lowest BCUT2D eigenvalue weighted by Crippen LogP contribution is -2.24. The second-order valence-electron chi connectivity index (χ2n) is 3.84. The third kappa shape index (κ3) is 1.47. The highest BCUT2D eigenvalue weighted by atomic mass is 15.5. The highest BCUT2D eigenvalue weighted by molar-refractivity contribution is 5.94. The molecule has 0 amide bonds. The molecule has 3 rings (SSSR count). The van der Waals surface area contributed by atoms with E-state index in [2.05, 4.69) is 52.9 Å². The first kappa shape index (κ1) is 8.74. The monoisotopic (exact) mass is 197 g/mol. The van der Waals surface area contributed by atoms with Gasteiger partial charge < -0.3 is 0 Å². The maximum absolute atomic E-state index is 4.49. The van der Waals surface area contributed by atoms with Gasteiger partial charge in [-0.05, 0) is 17.9 Å². The van der Waals surface area contributed by atoms with Crippen LogP contribution in [0.5, 0.6) is 0 Å². The zero-order chi connectivity index (χ0) is 10.1. The van der Waals surface area contributed by atoms with Gasteiger partial charge in [0.05, 0.1) is 5.69 Å². The number of hydrogen-bond donors (Lipinski definition) is 0. The summed E-state index contributed by atoms with van der Waals surface area (Å²) in [6.07, 6.45) is 1.17. The van der Waals surface area contributed by atoms with Crippen molar-refractivity contribution in [3.05, 3.63) is 42.5 Å². The molecule has 0 atom stereocenters. The van der Waals surface area contributed by atoms with E-state index in [1.54, 1.807) is 0 Å². The average Bonchev–Trinajstić information content (AvgIpc) is 2.82. The minimum absolute atomic E-state index is 0.962. The van der Waals surface area contributed by atoms with Crippen molar-refractivity contribution in [3.63, 3.8) is 0 Å². The van der Waals surface area contributed by atoms with Crippen LogP contribution in [0.3, 0.4) is 0 Å². The van der Waals surface area contributed by atoms with E-state index < -0.39 is 0 Å². The molecule has 0 aromatic heterocycles. The molecule has 1 fully saturated rings. The Kier molecular flexibility index (Phi) is 2.07. The zero-order valence-electron chi connectivity index (χ0n) is 8.56. The van der Waals surface area contributed by atoms with E-state index in [4.69, 9.17) is 0 Å². The van der Waals surface area contributed by atoms with Crippen molar-refractivity contribution in [3.8, 4) is 0 Å². The standard InChI is InChI=1S/C13H13N2/c1-2-7-12-11(5-1)6-3-8-13(12)15-10-4-9-14-15/h1-3,5-8H,4,9-10H2. The second-order valence-corrected chi connectivity index (χ2v) is 3.84. The van der Waals surface area contributed by atoms with E-state index >= 15 is 0 Å². The molecular formula is C13H13N2. The molecule has 0 N–H and O–H groups in total. The SMILES string of the molecule is c1ccc2c(N3CCC[N]3)cccc2c1. The van der Waals surface area contributed by atoms with Crippen LogP contribution in [-0.2, 0) is 0 Å². The predicted octanol–water partition coefficient (Wildman–Crippen LogP) is 2.57. The molecule has 0 aliphatic carbocycles. The van der Waals surface area contributed by atoms with Crippen molar-refractivity contribution in [2.75, 3.05) is 18.1 Å². The Hall–Kier alpha value is -1.54. The van der Waals surface area contributed by atoms with Crippen LogP contribution in [0.2, 0.25) is 0 Å². The summed E-state index contributed by atoms with van der Waals surface area (Å²) in [6.45, 7) is 2.01. The molecule has 0 saturated carbocycles. The largest absolute Gasteiger partial charge is 0.290 e. The van der Waals surface area contributed by atoms with Crippen LogP contribution >= 0.6 is 0 Å². The Morgan fingerprint density at radius 3 is 2.73 bits per heavy atom. The predicted molar refractivity (Wildman–Crippen MR) is 62.9 cm³/mol. The van der Waals surface area contributed by atoms with Crippen LogP contribution in [0.1, 0.15) is 6.42 Å². The normalized spacial score (nSPS) is 16.1. The minimum Gasteiger partial charge on any atom is -0.290 e. The van der Waals surface area contributed by atoms with E-state index in [9.17, 15) is 0 Å². The van der Waals surface area contributed by atoms with E-state index in [1.807, 2.05) is 0 Å². The Labute approximate surface area is 89.5 Å². The minimum atomic E-state index is 0.962. The number of rotatable bonds is 1. The Balaban J connectivity index is 2.16. The fourth-order valence-electron chi connectivity index (χ4n) is 2.11. The molecule has 2 heteroatoms. The van der Waals surface area contributed by atoms with Gasteiger partial charge >= 0.3 is 0 Å². The van der Waals surface area contributed by atoms with Gasteiger partial charge in [-0.15, -0.1) is 5.43 Å². The van der Waals surface area contributed by atoms with Gasteiger partial charge in [-0.1, -0.05) is 36.4 Å². The number of benzene rings is 2. The Bertz CT molecular complexity index is 467. The van der Waals surface area contributed by atoms with Crippen molar-refractivity contribution in [2.45, 2.75) is 6.42 Å². The van der Waals surface area contributed by atoms with Crippen molar-refractivity contribution in [1.82, 2.24) is 5.43 Å². The summed E-state index contributed by atoms with van der Waals surface area (Å²) in [5.74, 6) is 0. The molecule has 0 unspecified atom stereocenters. The Morgan fingerprint density at radius 2 is 1.87 bits per heavy atom. The molecule has 1 radical (unpaired) electrons. The second kappa shape index (κ2) is 3.55. The van der Waals surface area contributed by atoms with E-state index in [0.717, 1.165) is 13.1 Å². The van der Waals surface area contributed by atoms with Gasteiger partial charge in [0.15, 0.2) is 0 Å². The van der Waals surface area contributed by atoms with Crippen LogP contribution in [0.4, 0.5) is 5.69 Å². The van der Waals surface area contributed by atoms with Crippen molar-refractivity contribution in [2.24, 2.45) is 0 Å². The number of nitrogens with zero attached hydrogens (tertiary/aromatic N) is 2. The Morgan fingerprint density at radius 1 is 1.00 bits per heavy atom. The van der Waals surface area contributed by atoms with Crippen LogP contribution in [0.25, 0.3) is 10.8 Å². The van der Waals surface area contributed by atoms with Crippen LogP contribution in [-0.4, -0.2) is 13.1 Å². The highest BCUT2D eigenvalue weighted by Gasteiger charge is 2.14. The van der Waals surface area contributed by atoms with Gasteiger partial charge in [-0.2, -0.15) is 0 Å². The van der Waals surface area contributed by atoms with Gasteiger partial charge in [-0.3, -0.25) is 5.01 Å². The molecule has 0 spiro atoms. The third-order valence-electron chi connectivity index (χ3n) is 2.84. The summed E-state index contributed by atoms with van der Waals surface area (Å²) in [7, 11) is 0. The topological polar surface area (TPSA) is 17.3 Å². The first-order chi connectivity index (χ1) is 7.45. The third-order valence-corrected chi connectivity index (χ3v) is 2.84. The van der Waals surface area contributed by atoms with Gasteiger partial charge in [0.1, 0.15) is 0 Å². The lowest BCUT2D eigenvalue weighted by atomic mass is 10.1. The smallest absolute Gasteiger partial charge is 0.0614 e. The van der Waals surface area contributed by atoms with E-state index in [1.165, 1.54) is 22.9 Å². The lowest BCUT2D eigenvalue weighted by Gasteiger charge is -2.17. The maximum Gasteiger partial charge on any atom is 0.0614 e. The summed E-state index contributed by atoms with van der Waals surface area (Å²) in [5, 5.41) is 4.71. The first-order valence-electron chi connectivity index (χ1n) is 5.38. The molecule has 15 heavy (non-hydrogen) atoms. The molecule has 1 heterocycles. The fourth-order valence-corrected chi connectivity index (χ4v) is 2.11. The molecular weight excluding hydrogens is 184 g/mol. The van der Waals surface area contributed by atoms with Crippen molar-refractivity contribution < 1.29 is 0 Å². The highest BCUT2D eigenvalue weighted by Crippen LogP contribution is 2.27. The summed E-state index contributed by atoms with van der Waals surface area (Å²) in [5.41, 5.74) is 5.73. The van der Waals surface area contributed by atoms with Crippen molar-refractivity contribution in [1.29, 1.82) is 0 Å². The summed E-state index contributed by atoms with van der Waals surface area (Å²) >= 11 is 0. The maximum atomic E-state index is 4.49. The van der Waals surface area contributed by atoms with Crippen molar-refractivity contribution >= 4 is 16.5 Å². The molecule has 2 nitrogen and oxygen atoms in total. The average molecular weight is 197 g/mol. The lowest BCUT2D eigenvalue weighted by molar-refractivity contribution is 0.773. The van der Waals surface area contributed by atoms with Crippen LogP contribution in [0.15, 0.2) is 42.5 Å². The quantitative estimate of drug-likeness (QED) is 0.686. The molecule has 2 aromatic carbocycles. The molecule has 2 aromatic rings. The summed E-state index contributed by atoms with van der Waals surface area (Å²) in [4.78, 5) is 0. The number of anilines is 1. The molecule has 0 bridgehead atoms. The molecule has 1 aliphatic rings. The van der Waals surface area contributed by atoms with E-state index in [0.29, 0.717) is 0 Å². The first-order valence-corrected chi connectivity index (χ1v) is 5.38.